The minimum Gasteiger partial charge on any atom is -0.494 e. The molecule has 0 unspecified atom stereocenters. The first kappa shape index (κ1) is 23.7. The van der Waals surface area contributed by atoms with Crippen LogP contribution in [0.4, 0.5) is 5.69 Å². The van der Waals surface area contributed by atoms with E-state index in [9.17, 15) is 14.4 Å². The van der Waals surface area contributed by atoms with E-state index >= 15 is 0 Å². The maximum Gasteiger partial charge on any atom is 0.343 e. The number of rotatable bonds is 7. The summed E-state index contributed by atoms with van der Waals surface area (Å²) in [6.07, 6.45) is 1.36. The summed E-state index contributed by atoms with van der Waals surface area (Å²) in [5.74, 6) is -1.23. The fourth-order valence-corrected chi connectivity index (χ4v) is 3.01. The molecule has 33 heavy (non-hydrogen) atoms. The van der Waals surface area contributed by atoms with Gasteiger partial charge < -0.3 is 14.8 Å². The fourth-order valence-electron chi connectivity index (χ4n) is 2.61. The molecule has 0 aliphatic heterocycles. The first-order valence-corrected chi connectivity index (χ1v) is 10.7. The molecule has 0 atom stereocenters. The van der Waals surface area contributed by atoms with Crippen molar-refractivity contribution in [3.05, 3.63) is 88.4 Å². The number of amides is 2. The van der Waals surface area contributed by atoms with Crippen molar-refractivity contribution in [3.8, 4) is 11.5 Å². The largest absolute Gasteiger partial charge is 0.494 e. The van der Waals surface area contributed by atoms with Crippen LogP contribution in [0, 0.1) is 0 Å². The van der Waals surface area contributed by atoms with Gasteiger partial charge in [-0.25, -0.2) is 10.2 Å². The molecule has 168 valence electrons. The number of ether oxygens (including phenoxy) is 2. The van der Waals surface area contributed by atoms with Crippen molar-refractivity contribution in [2.75, 3.05) is 11.9 Å². The number of halogens is 1. The number of nitrogens with one attached hydrogen (secondary N) is 2. The number of anilines is 1. The minimum absolute atomic E-state index is 0.357. The van der Waals surface area contributed by atoms with E-state index in [0.29, 0.717) is 34.9 Å². The number of hydrogen-bond acceptors (Lipinski definition) is 6. The van der Waals surface area contributed by atoms with Crippen LogP contribution in [0.1, 0.15) is 22.8 Å². The van der Waals surface area contributed by atoms with Crippen LogP contribution in [0.3, 0.4) is 0 Å². The van der Waals surface area contributed by atoms with E-state index in [4.69, 9.17) is 9.47 Å². The summed E-state index contributed by atoms with van der Waals surface area (Å²) in [5.41, 5.74) is 3.66. The van der Waals surface area contributed by atoms with Gasteiger partial charge in [-0.2, -0.15) is 5.10 Å². The molecule has 0 fully saturated rings. The molecular formula is C24H20BrN3O5. The molecule has 9 heteroatoms. The van der Waals surface area contributed by atoms with Gasteiger partial charge in [-0.3, -0.25) is 9.59 Å². The van der Waals surface area contributed by atoms with Crippen LogP contribution in [-0.2, 0) is 9.59 Å². The second kappa shape index (κ2) is 11.6. The smallest absolute Gasteiger partial charge is 0.343 e. The second-order valence-corrected chi connectivity index (χ2v) is 7.50. The summed E-state index contributed by atoms with van der Waals surface area (Å²) in [4.78, 5) is 36.1. The highest BCUT2D eigenvalue weighted by Crippen LogP contribution is 2.17. The topological polar surface area (TPSA) is 106 Å². The van der Waals surface area contributed by atoms with E-state index in [2.05, 4.69) is 31.8 Å². The number of hydrazone groups is 1. The van der Waals surface area contributed by atoms with Gasteiger partial charge in [0.2, 0.25) is 0 Å². The predicted molar refractivity (Wildman–Crippen MR) is 128 cm³/mol. The summed E-state index contributed by atoms with van der Waals surface area (Å²) < 4.78 is 11.4. The lowest BCUT2D eigenvalue weighted by molar-refractivity contribution is -0.136. The highest BCUT2D eigenvalue weighted by atomic mass is 79.9. The third-order valence-electron chi connectivity index (χ3n) is 4.16. The number of benzene rings is 3. The lowest BCUT2D eigenvalue weighted by atomic mass is 10.2. The van der Waals surface area contributed by atoms with Crippen LogP contribution in [0.15, 0.2) is 82.4 Å². The maximum absolute atomic E-state index is 12.2. The molecule has 0 aliphatic rings. The van der Waals surface area contributed by atoms with Crippen LogP contribution >= 0.6 is 15.9 Å². The van der Waals surface area contributed by atoms with Gasteiger partial charge in [-0.15, -0.1) is 0 Å². The van der Waals surface area contributed by atoms with Crippen molar-refractivity contribution >= 4 is 45.6 Å². The predicted octanol–water partition coefficient (Wildman–Crippen LogP) is 4.16. The van der Waals surface area contributed by atoms with Gasteiger partial charge in [0.15, 0.2) is 0 Å². The van der Waals surface area contributed by atoms with Gasteiger partial charge in [0.05, 0.1) is 18.4 Å². The number of hydrogen-bond donors (Lipinski definition) is 2. The zero-order chi connectivity index (χ0) is 23.6. The summed E-state index contributed by atoms with van der Waals surface area (Å²) in [6, 6.07) is 20.0. The van der Waals surface area contributed by atoms with Crippen LogP contribution in [0.25, 0.3) is 0 Å². The Bertz CT molecular complexity index is 1160. The molecule has 3 aromatic carbocycles. The van der Waals surface area contributed by atoms with Crippen molar-refractivity contribution in [1.82, 2.24) is 5.43 Å². The van der Waals surface area contributed by atoms with Gasteiger partial charge in [0.25, 0.3) is 0 Å². The average Bonchev–Trinajstić information content (AvgIpc) is 2.81. The van der Waals surface area contributed by atoms with Crippen molar-refractivity contribution in [3.63, 3.8) is 0 Å². The van der Waals surface area contributed by atoms with Gasteiger partial charge in [-0.1, -0.05) is 22.0 Å². The highest BCUT2D eigenvalue weighted by Gasteiger charge is 2.13. The molecular weight excluding hydrogens is 490 g/mol. The van der Waals surface area contributed by atoms with E-state index < -0.39 is 17.8 Å². The zero-order valence-corrected chi connectivity index (χ0v) is 19.2. The SMILES string of the molecule is CCOc1ccc(NC(=O)C(=O)NN=Cc2ccc(OC(=O)c3cccc(Br)c3)cc2)cc1. The molecule has 0 aliphatic carbocycles. The number of carbonyl (C=O) groups excluding carboxylic acids is 3. The Hall–Kier alpha value is -3.98. The average molecular weight is 510 g/mol. The zero-order valence-electron chi connectivity index (χ0n) is 17.6. The van der Waals surface area contributed by atoms with Gasteiger partial charge >= 0.3 is 17.8 Å². The summed E-state index contributed by atoms with van der Waals surface area (Å²) >= 11 is 3.31. The van der Waals surface area contributed by atoms with Gasteiger partial charge in [0, 0.05) is 10.2 Å². The molecule has 8 nitrogen and oxygen atoms in total. The van der Waals surface area contributed by atoms with Crippen LogP contribution in [-0.4, -0.2) is 30.6 Å². The van der Waals surface area contributed by atoms with Gasteiger partial charge in [0.1, 0.15) is 11.5 Å². The van der Waals surface area contributed by atoms with Crippen molar-refractivity contribution in [2.45, 2.75) is 6.92 Å². The minimum atomic E-state index is -0.917. The molecule has 0 radical (unpaired) electrons. The van der Waals surface area contributed by atoms with Gasteiger partial charge in [-0.05, 0) is 79.2 Å². The van der Waals surface area contributed by atoms with E-state index in [1.807, 2.05) is 13.0 Å². The van der Waals surface area contributed by atoms with Crippen LogP contribution in [0.5, 0.6) is 11.5 Å². The molecule has 0 spiro atoms. The molecule has 2 N–H and O–H groups in total. The van der Waals surface area contributed by atoms with Crippen LogP contribution < -0.4 is 20.2 Å². The molecule has 0 saturated heterocycles. The Morgan fingerprint density at radius 3 is 2.30 bits per heavy atom. The third-order valence-corrected chi connectivity index (χ3v) is 4.65. The lowest BCUT2D eigenvalue weighted by Gasteiger charge is -2.06. The van der Waals surface area contributed by atoms with E-state index in [-0.39, 0.29) is 0 Å². The van der Waals surface area contributed by atoms with Crippen molar-refractivity contribution in [2.24, 2.45) is 5.10 Å². The number of nitrogens with zero attached hydrogens (tertiary/aromatic N) is 1. The normalized spacial score (nSPS) is 10.5. The first-order valence-electron chi connectivity index (χ1n) is 9.89. The molecule has 2 amide bonds. The Labute approximate surface area is 198 Å². The van der Waals surface area contributed by atoms with Crippen molar-refractivity contribution in [1.29, 1.82) is 0 Å². The second-order valence-electron chi connectivity index (χ2n) is 6.58. The molecule has 0 aromatic heterocycles. The quantitative estimate of drug-likeness (QED) is 0.163. The fraction of sp³-hybridized carbons (Fsp3) is 0.0833. The molecule has 0 saturated carbocycles. The standard InChI is InChI=1S/C24H20BrN3O5/c1-2-32-20-12-8-19(9-13-20)27-22(29)23(30)28-26-15-16-6-10-21(11-7-16)33-24(31)17-4-3-5-18(25)14-17/h3-15H,2H2,1H3,(H,27,29)(H,28,30). The summed E-state index contributed by atoms with van der Waals surface area (Å²) in [6.45, 7) is 2.40. The molecule has 3 aromatic rings. The maximum atomic E-state index is 12.2. The van der Waals surface area contributed by atoms with Crippen molar-refractivity contribution < 1.29 is 23.9 Å². The van der Waals surface area contributed by atoms with E-state index in [1.165, 1.54) is 6.21 Å². The number of esters is 1. The van der Waals surface area contributed by atoms with Crippen LogP contribution in [0.2, 0.25) is 0 Å². The summed E-state index contributed by atoms with van der Waals surface area (Å²) in [5, 5.41) is 6.24. The van der Waals surface area contributed by atoms with E-state index in [1.54, 1.807) is 66.7 Å². The Kier molecular flexibility index (Phi) is 8.31. The third kappa shape index (κ3) is 7.29. The van der Waals surface area contributed by atoms with E-state index in [0.717, 1.165) is 4.47 Å². The highest BCUT2D eigenvalue weighted by molar-refractivity contribution is 9.10. The Morgan fingerprint density at radius 1 is 0.939 bits per heavy atom. The molecule has 0 bridgehead atoms. The lowest BCUT2D eigenvalue weighted by Crippen LogP contribution is -2.32. The number of carbonyl (C=O) groups is 3. The first-order chi connectivity index (χ1) is 15.9. The summed E-state index contributed by atoms with van der Waals surface area (Å²) in [7, 11) is 0. The molecule has 0 heterocycles. The Balaban J connectivity index is 1.48. The molecule has 3 rings (SSSR count). The Morgan fingerprint density at radius 2 is 1.64 bits per heavy atom. The monoisotopic (exact) mass is 509 g/mol.